The van der Waals surface area contributed by atoms with E-state index in [2.05, 4.69) is 15.0 Å². The van der Waals surface area contributed by atoms with Crippen LogP contribution in [0.5, 0.6) is 5.88 Å². The normalized spacial score (nSPS) is 11.7. The zero-order valence-corrected chi connectivity index (χ0v) is 15.3. The molecule has 0 radical (unpaired) electrons. The fourth-order valence-corrected chi connectivity index (χ4v) is 2.80. The van der Waals surface area contributed by atoms with Gasteiger partial charge in [-0.2, -0.15) is 0 Å². The third kappa shape index (κ3) is 4.17. The van der Waals surface area contributed by atoms with Crippen LogP contribution in [0.3, 0.4) is 0 Å². The molecule has 9 heteroatoms. The molecule has 8 nitrogen and oxygen atoms in total. The molecular formula is C18H18ClN5O3. The molecule has 3 rings (SSSR count). The largest absolute Gasteiger partial charge is 0.493 e. The Labute approximate surface area is 159 Å². The molecule has 0 aliphatic carbocycles. The molecule has 0 aliphatic heterocycles. The lowest BCUT2D eigenvalue weighted by Crippen LogP contribution is -2.32. The lowest BCUT2D eigenvalue weighted by Gasteiger charge is -2.11. The van der Waals surface area contributed by atoms with Gasteiger partial charge in [-0.25, -0.2) is 14.3 Å². The summed E-state index contributed by atoms with van der Waals surface area (Å²) in [6.45, 7) is 2.82. The van der Waals surface area contributed by atoms with Crippen LogP contribution in [0.15, 0.2) is 57.6 Å². The predicted molar refractivity (Wildman–Crippen MR) is 103 cm³/mol. The molecule has 3 aromatic rings. The molecule has 0 saturated carbocycles. The number of aromatic nitrogens is 4. The molecule has 27 heavy (non-hydrogen) atoms. The van der Waals surface area contributed by atoms with Crippen LogP contribution >= 0.6 is 11.6 Å². The minimum Gasteiger partial charge on any atom is -0.493 e. The van der Waals surface area contributed by atoms with Gasteiger partial charge in [-0.3, -0.25) is 14.8 Å². The standard InChI is InChI=1S/C18H18ClN5O3/c1-12(21-7-2-9-23-10-8-20-11-23)15-16(25)22-18(27)24(17(15)26)14-5-3-13(19)4-6-14/h3-6,8,10-11,26H,2,7,9H2,1H3,(H,22,25,27). The predicted octanol–water partition coefficient (Wildman–Crippen LogP) is 1.98. The van der Waals surface area contributed by atoms with Crippen molar-refractivity contribution >= 4 is 17.3 Å². The number of aromatic hydroxyl groups is 1. The summed E-state index contributed by atoms with van der Waals surface area (Å²) < 4.78 is 2.94. The average Bonchev–Trinajstić information content (AvgIpc) is 3.13. The Morgan fingerprint density at radius 1 is 1.30 bits per heavy atom. The van der Waals surface area contributed by atoms with E-state index in [9.17, 15) is 14.7 Å². The van der Waals surface area contributed by atoms with Crippen molar-refractivity contribution in [3.05, 3.63) is 74.4 Å². The third-order valence-corrected chi connectivity index (χ3v) is 4.27. The van der Waals surface area contributed by atoms with Crippen molar-refractivity contribution in [2.75, 3.05) is 6.54 Å². The highest BCUT2D eigenvalue weighted by Crippen LogP contribution is 2.19. The van der Waals surface area contributed by atoms with Gasteiger partial charge in [-0.1, -0.05) is 11.6 Å². The van der Waals surface area contributed by atoms with Gasteiger partial charge in [0.05, 0.1) is 12.0 Å². The van der Waals surface area contributed by atoms with Gasteiger partial charge in [0, 0.05) is 36.2 Å². The van der Waals surface area contributed by atoms with E-state index in [-0.39, 0.29) is 5.56 Å². The Bertz CT molecular complexity index is 1070. The minimum absolute atomic E-state index is 0.0350. The van der Waals surface area contributed by atoms with Crippen LogP contribution in [-0.2, 0) is 6.54 Å². The lowest BCUT2D eigenvalue weighted by molar-refractivity contribution is 0.429. The lowest BCUT2D eigenvalue weighted by atomic mass is 10.2. The Morgan fingerprint density at radius 2 is 2.04 bits per heavy atom. The molecule has 0 atom stereocenters. The number of aliphatic imine (C=N–C) groups is 1. The summed E-state index contributed by atoms with van der Waals surface area (Å²) in [4.78, 5) is 34.9. The Morgan fingerprint density at radius 3 is 2.70 bits per heavy atom. The molecule has 0 bridgehead atoms. The van der Waals surface area contributed by atoms with E-state index < -0.39 is 17.1 Å². The van der Waals surface area contributed by atoms with E-state index in [1.54, 1.807) is 43.7 Å². The molecule has 2 heterocycles. The van der Waals surface area contributed by atoms with Crippen molar-refractivity contribution in [3.63, 3.8) is 0 Å². The number of hydrogen-bond acceptors (Lipinski definition) is 5. The number of aryl methyl sites for hydroxylation is 1. The molecule has 0 unspecified atom stereocenters. The number of halogens is 1. The zero-order chi connectivity index (χ0) is 19.4. The maximum absolute atomic E-state index is 12.2. The highest BCUT2D eigenvalue weighted by atomic mass is 35.5. The smallest absolute Gasteiger partial charge is 0.335 e. The fourth-order valence-electron chi connectivity index (χ4n) is 2.68. The molecule has 140 valence electrons. The van der Waals surface area contributed by atoms with Gasteiger partial charge in [0.25, 0.3) is 5.56 Å². The van der Waals surface area contributed by atoms with Gasteiger partial charge < -0.3 is 9.67 Å². The monoisotopic (exact) mass is 387 g/mol. The highest BCUT2D eigenvalue weighted by Gasteiger charge is 2.17. The zero-order valence-electron chi connectivity index (χ0n) is 14.6. The van der Waals surface area contributed by atoms with E-state index in [0.717, 1.165) is 17.5 Å². The first-order valence-corrected chi connectivity index (χ1v) is 8.66. The maximum atomic E-state index is 12.2. The van der Waals surface area contributed by atoms with Crippen LogP contribution in [0.4, 0.5) is 0 Å². The minimum atomic E-state index is -0.739. The van der Waals surface area contributed by atoms with E-state index in [4.69, 9.17) is 11.6 Å². The number of nitrogens with one attached hydrogen (secondary N) is 1. The summed E-state index contributed by atoms with van der Waals surface area (Å²) in [6, 6.07) is 6.32. The van der Waals surface area contributed by atoms with E-state index in [0.29, 0.717) is 23.0 Å². The van der Waals surface area contributed by atoms with Crippen molar-refractivity contribution in [3.8, 4) is 11.6 Å². The molecule has 1 aromatic carbocycles. The van der Waals surface area contributed by atoms with Gasteiger partial charge in [-0.15, -0.1) is 0 Å². The van der Waals surface area contributed by atoms with E-state index in [1.807, 2.05) is 10.8 Å². The number of rotatable bonds is 6. The second-order valence-electron chi connectivity index (χ2n) is 5.89. The summed E-state index contributed by atoms with van der Waals surface area (Å²) in [5, 5.41) is 11.1. The first-order chi connectivity index (χ1) is 13.0. The Hall–Kier alpha value is -3.13. The summed E-state index contributed by atoms with van der Waals surface area (Å²) in [7, 11) is 0. The first kappa shape index (κ1) is 18.7. The molecule has 2 N–H and O–H groups in total. The molecule has 0 spiro atoms. The fraction of sp³-hybridized carbons (Fsp3) is 0.222. The Balaban J connectivity index is 1.89. The van der Waals surface area contributed by atoms with Gasteiger partial charge in [0.15, 0.2) is 0 Å². The number of imidazole rings is 1. The van der Waals surface area contributed by atoms with Crippen molar-refractivity contribution in [2.45, 2.75) is 19.9 Å². The van der Waals surface area contributed by atoms with Crippen molar-refractivity contribution < 1.29 is 5.11 Å². The number of H-pyrrole nitrogens is 1. The molecule has 0 fully saturated rings. The van der Waals surface area contributed by atoms with Crippen LogP contribution in [0.2, 0.25) is 5.02 Å². The number of hydrogen-bond donors (Lipinski definition) is 2. The maximum Gasteiger partial charge on any atom is 0.335 e. The average molecular weight is 388 g/mol. The summed E-state index contributed by atoms with van der Waals surface area (Å²) in [6.07, 6.45) is 6.01. The SMILES string of the molecule is CC(=NCCCn1ccnc1)c1c(O)n(-c2ccc(Cl)cc2)c(=O)[nH]c1=O. The molecule has 0 amide bonds. The van der Waals surface area contributed by atoms with Crippen molar-refractivity contribution in [1.82, 2.24) is 19.1 Å². The van der Waals surface area contributed by atoms with Gasteiger partial charge in [0.1, 0.15) is 5.56 Å². The van der Waals surface area contributed by atoms with E-state index >= 15 is 0 Å². The van der Waals surface area contributed by atoms with Crippen LogP contribution in [0.1, 0.15) is 18.9 Å². The summed E-state index contributed by atoms with van der Waals surface area (Å²) in [5.41, 5.74) is -0.725. The van der Waals surface area contributed by atoms with Gasteiger partial charge in [-0.05, 0) is 37.6 Å². The molecular weight excluding hydrogens is 370 g/mol. The van der Waals surface area contributed by atoms with Gasteiger partial charge in [0.2, 0.25) is 5.88 Å². The Kier molecular flexibility index (Phi) is 5.56. The number of nitrogens with zero attached hydrogens (tertiary/aromatic N) is 4. The van der Waals surface area contributed by atoms with Crippen molar-refractivity contribution in [2.24, 2.45) is 4.99 Å². The van der Waals surface area contributed by atoms with Crippen LogP contribution < -0.4 is 11.2 Å². The summed E-state index contributed by atoms with van der Waals surface area (Å²) >= 11 is 5.86. The quantitative estimate of drug-likeness (QED) is 0.498. The van der Waals surface area contributed by atoms with E-state index in [1.165, 1.54) is 0 Å². The van der Waals surface area contributed by atoms with Crippen LogP contribution in [0.25, 0.3) is 5.69 Å². The topological polar surface area (TPSA) is 105 Å². The number of aromatic amines is 1. The number of benzene rings is 1. The first-order valence-electron chi connectivity index (χ1n) is 8.29. The highest BCUT2D eigenvalue weighted by molar-refractivity contribution is 6.30. The second-order valence-corrected chi connectivity index (χ2v) is 6.33. The molecule has 2 aromatic heterocycles. The van der Waals surface area contributed by atoms with Crippen LogP contribution in [-0.4, -0.2) is 36.5 Å². The molecule has 0 saturated heterocycles. The summed E-state index contributed by atoms with van der Waals surface area (Å²) in [5.74, 6) is -0.457. The van der Waals surface area contributed by atoms with Crippen LogP contribution in [0, 0.1) is 0 Å². The third-order valence-electron chi connectivity index (χ3n) is 4.02. The molecule has 0 aliphatic rings. The second kappa shape index (κ2) is 8.05. The van der Waals surface area contributed by atoms with Gasteiger partial charge >= 0.3 is 5.69 Å². The van der Waals surface area contributed by atoms with Crippen molar-refractivity contribution in [1.29, 1.82) is 0 Å².